The van der Waals surface area contributed by atoms with E-state index in [2.05, 4.69) is 65.9 Å². The molecule has 7 rings (SSSR count). The number of benzene rings is 1. The van der Waals surface area contributed by atoms with Crippen molar-refractivity contribution in [3.8, 4) is 0 Å². The van der Waals surface area contributed by atoms with Crippen LogP contribution in [0.15, 0.2) is 65.6 Å². The van der Waals surface area contributed by atoms with Crippen LogP contribution >= 0.6 is 0 Å². The lowest BCUT2D eigenvalue weighted by atomic mass is 9.47. The van der Waals surface area contributed by atoms with Crippen molar-refractivity contribution >= 4 is 28.9 Å². The molecule has 5 aliphatic rings. The van der Waals surface area contributed by atoms with Gasteiger partial charge in [-0.25, -0.2) is 4.98 Å². The maximum Gasteiger partial charge on any atom is 0.306 e. The van der Waals surface area contributed by atoms with E-state index in [1.165, 1.54) is 30.5 Å². The second-order valence-corrected chi connectivity index (χ2v) is 12.8. The van der Waals surface area contributed by atoms with E-state index < -0.39 is 0 Å². The Morgan fingerprint density at radius 1 is 1.08 bits per heavy atom. The van der Waals surface area contributed by atoms with E-state index in [4.69, 9.17) is 9.72 Å². The number of nitrogens with zero attached hydrogens (tertiary/aromatic N) is 3. The molecule has 0 spiro atoms. The molecule has 1 aliphatic heterocycles. The van der Waals surface area contributed by atoms with E-state index in [0.717, 1.165) is 43.5 Å². The minimum atomic E-state index is -0.0494. The number of aromatic nitrogens is 2. The maximum absolute atomic E-state index is 12.6. The summed E-state index contributed by atoms with van der Waals surface area (Å²) in [4.78, 5) is 21.4. The minimum Gasteiger partial charge on any atom is -0.462 e. The average molecular weight is 510 g/mol. The Morgan fingerprint density at radius 2 is 1.95 bits per heavy atom. The number of carbonyl (C=O) groups excluding carboxylic acids is 1. The zero-order chi connectivity index (χ0) is 25.9. The first kappa shape index (κ1) is 24.1. The van der Waals surface area contributed by atoms with Gasteiger partial charge in [0.2, 0.25) is 0 Å². The van der Waals surface area contributed by atoms with E-state index in [-0.39, 0.29) is 28.8 Å². The van der Waals surface area contributed by atoms with Crippen LogP contribution in [0.5, 0.6) is 0 Å². The maximum atomic E-state index is 12.6. The fraction of sp³-hybridized carbons (Fsp3) is 0.545. The minimum absolute atomic E-state index is 0.0364. The van der Waals surface area contributed by atoms with Gasteiger partial charge in [-0.3, -0.25) is 9.79 Å². The molecule has 0 saturated heterocycles. The molecule has 2 saturated carbocycles. The molecule has 0 amide bonds. The quantitative estimate of drug-likeness (QED) is 0.313. The molecule has 0 N–H and O–H groups in total. The zero-order valence-electron chi connectivity index (χ0n) is 22.7. The summed E-state index contributed by atoms with van der Waals surface area (Å²) in [5.74, 6) is 2.34. The lowest BCUT2D eigenvalue weighted by Crippen LogP contribution is -2.50. The monoisotopic (exact) mass is 509 g/mol. The number of hydrogen-bond acceptors (Lipinski definition) is 4. The van der Waals surface area contributed by atoms with Gasteiger partial charge in [0.25, 0.3) is 0 Å². The van der Waals surface area contributed by atoms with E-state index >= 15 is 0 Å². The first-order chi connectivity index (χ1) is 18.5. The molecular formula is C33H39N3O2. The molecule has 0 radical (unpaired) electrons. The van der Waals surface area contributed by atoms with Crippen molar-refractivity contribution in [2.45, 2.75) is 77.7 Å². The summed E-state index contributed by atoms with van der Waals surface area (Å²) in [6.45, 7) is 5.04. The van der Waals surface area contributed by atoms with Crippen LogP contribution in [0.4, 0.5) is 0 Å². The van der Waals surface area contributed by atoms with Crippen molar-refractivity contribution in [3.05, 3.63) is 60.6 Å². The molecule has 1 aromatic carbocycles. The van der Waals surface area contributed by atoms with E-state index in [0.29, 0.717) is 18.3 Å². The standard InChI is InChI=1S/C33H39N3O2/c1-32-16-13-24(38-31(37)12-7-22-15-18-34-20-22)19-23(32)8-9-25-26-10-11-30(33(26,2)17-14-27(25)32)36-21-35-28-5-3-4-6-29(28)36/h3-6,8,11,15,18,20-22,24-27H,7,9-10,12-14,16-17,19H2,1-2H3/t22?,24-,25?,26?,27?,32-,33-/m0/s1. The average Bonchev–Trinajstić information content (AvgIpc) is 3.66. The number of aliphatic imine (C=N–C) groups is 1. The van der Waals surface area contributed by atoms with E-state index in [9.17, 15) is 4.79 Å². The number of rotatable bonds is 5. The fourth-order valence-electron chi connectivity index (χ4n) is 8.87. The van der Waals surface area contributed by atoms with Crippen molar-refractivity contribution in [1.29, 1.82) is 0 Å². The van der Waals surface area contributed by atoms with Crippen LogP contribution in [-0.2, 0) is 9.53 Å². The van der Waals surface area contributed by atoms with Crippen molar-refractivity contribution in [2.24, 2.45) is 39.5 Å². The normalized spacial score (nSPS) is 37.4. The van der Waals surface area contributed by atoms with Gasteiger partial charge in [-0.05, 0) is 80.2 Å². The largest absolute Gasteiger partial charge is 0.462 e. The van der Waals surface area contributed by atoms with Crippen molar-refractivity contribution < 1.29 is 9.53 Å². The summed E-state index contributed by atoms with van der Waals surface area (Å²) < 4.78 is 8.36. The zero-order valence-corrected chi connectivity index (χ0v) is 22.7. The van der Waals surface area contributed by atoms with Gasteiger partial charge in [0.15, 0.2) is 0 Å². The molecule has 2 aromatic rings. The SMILES string of the molecule is C[C@]12CC[C@H](OC(=O)CCC3C=CN=C3)CC1=CCC1C2CC[C@]2(C)C(n3cnc4ccccc43)=CCC12. The van der Waals surface area contributed by atoms with Gasteiger partial charge < -0.3 is 9.30 Å². The van der Waals surface area contributed by atoms with Gasteiger partial charge in [0.1, 0.15) is 12.4 Å². The molecule has 2 heterocycles. The third-order valence-corrected chi connectivity index (χ3v) is 11.0. The Morgan fingerprint density at radius 3 is 2.82 bits per heavy atom. The Bertz CT molecular complexity index is 1370. The van der Waals surface area contributed by atoms with E-state index in [1.807, 2.05) is 18.7 Å². The number of carbonyl (C=O) groups is 1. The number of imidazole rings is 1. The van der Waals surface area contributed by atoms with Gasteiger partial charge in [-0.1, -0.05) is 49.8 Å². The van der Waals surface area contributed by atoms with Crippen LogP contribution < -0.4 is 0 Å². The third-order valence-electron chi connectivity index (χ3n) is 11.0. The van der Waals surface area contributed by atoms with Crippen LogP contribution in [0.25, 0.3) is 16.7 Å². The predicted molar refractivity (Wildman–Crippen MR) is 151 cm³/mol. The van der Waals surface area contributed by atoms with E-state index in [1.54, 1.807) is 5.57 Å². The Kier molecular flexibility index (Phi) is 5.75. The smallest absolute Gasteiger partial charge is 0.306 e. The summed E-state index contributed by atoms with van der Waals surface area (Å²) in [5.41, 5.74) is 5.75. The molecule has 4 aliphatic carbocycles. The molecule has 7 atom stereocenters. The third kappa shape index (κ3) is 3.76. The molecule has 2 fully saturated rings. The summed E-state index contributed by atoms with van der Waals surface area (Å²) in [7, 11) is 0. The molecule has 4 unspecified atom stereocenters. The summed E-state index contributed by atoms with van der Waals surface area (Å²) >= 11 is 0. The second kappa shape index (κ2) is 9.07. The number of fused-ring (bicyclic) bond motifs is 6. The highest BCUT2D eigenvalue weighted by atomic mass is 16.5. The van der Waals surface area contributed by atoms with Crippen LogP contribution in [-0.4, -0.2) is 27.8 Å². The molecule has 38 heavy (non-hydrogen) atoms. The lowest BCUT2D eigenvalue weighted by Gasteiger charge is -2.57. The lowest BCUT2D eigenvalue weighted by molar-refractivity contribution is -0.151. The number of esters is 1. The molecule has 0 bridgehead atoms. The van der Waals surface area contributed by atoms with Gasteiger partial charge in [-0.2, -0.15) is 0 Å². The van der Waals surface area contributed by atoms with Crippen LogP contribution in [0, 0.1) is 34.5 Å². The van der Waals surface area contributed by atoms with Gasteiger partial charge in [0.05, 0.1) is 11.0 Å². The predicted octanol–water partition coefficient (Wildman–Crippen LogP) is 7.36. The number of allylic oxidation sites excluding steroid dienone is 4. The first-order valence-electron chi connectivity index (χ1n) is 14.7. The van der Waals surface area contributed by atoms with Gasteiger partial charge in [0, 0.05) is 42.3 Å². The number of para-hydroxylation sites is 2. The fourth-order valence-corrected chi connectivity index (χ4v) is 8.87. The number of ether oxygens (including phenoxy) is 1. The highest BCUT2D eigenvalue weighted by Gasteiger charge is 2.57. The highest BCUT2D eigenvalue weighted by Crippen LogP contribution is 2.65. The molecule has 5 nitrogen and oxygen atoms in total. The second-order valence-electron chi connectivity index (χ2n) is 12.8. The molecule has 1 aromatic heterocycles. The Hall–Kier alpha value is -2.95. The Labute approximate surface area is 225 Å². The van der Waals surface area contributed by atoms with Crippen LogP contribution in [0.1, 0.15) is 71.6 Å². The summed E-state index contributed by atoms with van der Waals surface area (Å²) in [5, 5.41) is 0. The Balaban J connectivity index is 1.05. The molecule has 198 valence electrons. The van der Waals surface area contributed by atoms with Crippen molar-refractivity contribution in [1.82, 2.24) is 9.55 Å². The van der Waals surface area contributed by atoms with Gasteiger partial charge in [-0.15, -0.1) is 0 Å². The molecule has 5 heteroatoms. The highest BCUT2D eigenvalue weighted by molar-refractivity contribution is 5.80. The topological polar surface area (TPSA) is 56.5 Å². The van der Waals surface area contributed by atoms with Crippen LogP contribution in [0.2, 0.25) is 0 Å². The number of hydrogen-bond donors (Lipinski definition) is 0. The first-order valence-corrected chi connectivity index (χ1v) is 14.7. The molecular weight excluding hydrogens is 470 g/mol. The van der Waals surface area contributed by atoms with Gasteiger partial charge >= 0.3 is 5.97 Å². The van der Waals surface area contributed by atoms with Crippen molar-refractivity contribution in [3.63, 3.8) is 0 Å². The van der Waals surface area contributed by atoms with Crippen LogP contribution in [0.3, 0.4) is 0 Å². The van der Waals surface area contributed by atoms with Crippen molar-refractivity contribution in [2.75, 3.05) is 0 Å². The summed E-state index contributed by atoms with van der Waals surface area (Å²) in [6.07, 6.45) is 22.1. The summed E-state index contributed by atoms with van der Waals surface area (Å²) in [6, 6.07) is 8.51.